The number of aryl methyl sites for hydroxylation is 3. The minimum Gasteiger partial charge on any atom is -0.305 e. The molecule has 0 spiro atoms. The van der Waals surface area contributed by atoms with Crippen molar-refractivity contribution in [3.63, 3.8) is 0 Å². The molecule has 0 amide bonds. The van der Waals surface area contributed by atoms with E-state index in [1.54, 1.807) is 6.20 Å². The van der Waals surface area contributed by atoms with Gasteiger partial charge in [0.1, 0.15) is 0 Å². The molecular formula is C125H114Ir4N8-8. The fourth-order valence-electron chi connectivity index (χ4n) is 13.7. The zero-order valence-electron chi connectivity index (χ0n) is 80.0. The number of hydrogen-bond acceptors (Lipinski definition) is 8. The molecule has 11 aromatic carbocycles. The second kappa shape index (κ2) is 56.0. The predicted octanol–water partition coefficient (Wildman–Crippen LogP) is 31.4. The summed E-state index contributed by atoms with van der Waals surface area (Å²) in [5.74, 6) is 0.677. The van der Waals surface area contributed by atoms with Crippen LogP contribution in [-0.4, -0.2) is 39.9 Å². The van der Waals surface area contributed by atoms with Crippen LogP contribution in [0.5, 0.6) is 0 Å². The zero-order valence-corrected chi connectivity index (χ0v) is 89.6. The predicted molar refractivity (Wildman–Crippen MR) is 553 cm³/mol. The van der Waals surface area contributed by atoms with Gasteiger partial charge in [0.2, 0.25) is 0 Å². The maximum absolute atomic E-state index is 4.53. The van der Waals surface area contributed by atoms with Crippen LogP contribution < -0.4 is 0 Å². The maximum Gasteiger partial charge on any atom is 0.0192 e. The molecule has 0 fully saturated rings. The summed E-state index contributed by atoms with van der Waals surface area (Å²) < 4.78 is 0. The molecule has 0 saturated carbocycles. The second-order valence-corrected chi connectivity index (χ2v) is 35.5. The third kappa shape index (κ3) is 35.7. The van der Waals surface area contributed by atoms with Crippen molar-refractivity contribution >= 4 is 0 Å². The van der Waals surface area contributed by atoms with Crippen LogP contribution in [0.2, 0.25) is 0 Å². The molecule has 0 aliphatic carbocycles. The number of rotatable bonds is 13. The maximum atomic E-state index is 4.53. The molecule has 0 aliphatic rings. The van der Waals surface area contributed by atoms with E-state index < -0.39 is 0 Å². The molecule has 0 saturated heterocycles. The summed E-state index contributed by atoms with van der Waals surface area (Å²) in [6.45, 7) is 30.5. The second-order valence-electron chi connectivity index (χ2n) is 35.5. The van der Waals surface area contributed by atoms with Crippen LogP contribution in [0.4, 0.5) is 0 Å². The first-order valence-electron chi connectivity index (χ1n) is 45.0. The van der Waals surface area contributed by atoms with E-state index in [-0.39, 0.29) is 96.7 Å². The summed E-state index contributed by atoms with van der Waals surface area (Å²) in [6.07, 6.45) is 16.1. The largest absolute Gasteiger partial charge is 0.305 e. The van der Waals surface area contributed by atoms with Gasteiger partial charge in [-0.25, -0.2) is 0 Å². The number of hydrogen-bond donors (Lipinski definition) is 0. The van der Waals surface area contributed by atoms with Gasteiger partial charge in [-0.1, -0.05) is 246 Å². The van der Waals surface area contributed by atoms with Crippen LogP contribution in [-0.2, 0) is 103 Å². The molecule has 8 heterocycles. The first-order valence-corrected chi connectivity index (χ1v) is 45.0. The van der Waals surface area contributed by atoms with Crippen LogP contribution in [0, 0.1) is 75.2 Å². The molecule has 0 aliphatic heterocycles. The Morgan fingerprint density at radius 2 is 0.467 bits per heavy atom. The Kier molecular flexibility index (Phi) is 44.8. The van der Waals surface area contributed by atoms with Crippen LogP contribution in [0.1, 0.15) is 115 Å². The van der Waals surface area contributed by atoms with E-state index in [0.717, 1.165) is 96.5 Å². The SMILES string of the molecule is CC(C)(C)c1ccnc(-c2[c-]ccc(-c3ccccc3)c2)c1.CC(C)(C)c1ccnc(-c2[c-]ccc(-c3ccccc3)c2)c1.CC(C)(C)c1ccnc(-c2[c-]cccc2)c1.CC(C)Cc1ccc(-c2[c-]cccc2)nc1.Cc1ccc(-c2[c-]ccc(-c3ccccc3)c2)nc1.Cc1ccc(-c2[c-]cccc2)nc1.Cc1ccc(-c2[c-]cccc2)nc1.[Ir].[Ir].[Ir].[Ir].[c-]1ccccc1-c1ccccn1. The fourth-order valence-corrected chi connectivity index (χ4v) is 13.7. The molecule has 137 heavy (non-hydrogen) atoms. The topological polar surface area (TPSA) is 103 Å². The Balaban J connectivity index is 0.000000193. The fraction of sp³-hybridized carbons (Fsp3) is 0.152. The molecule has 4 radical (unpaired) electrons. The molecule has 19 rings (SSSR count). The summed E-state index contributed by atoms with van der Waals surface area (Å²) >= 11 is 0. The third-order valence-electron chi connectivity index (χ3n) is 21.2. The number of nitrogens with zero attached hydrogens (tertiary/aromatic N) is 8. The Hall–Kier alpha value is -12.8. The van der Waals surface area contributed by atoms with E-state index in [4.69, 9.17) is 0 Å². The quantitative estimate of drug-likeness (QED) is 0.105. The molecule has 0 bridgehead atoms. The molecule has 0 unspecified atom stereocenters. The normalized spacial score (nSPS) is 10.4. The smallest absolute Gasteiger partial charge is 0.0192 e. The van der Waals surface area contributed by atoms with E-state index in [0.29, 0.717) is 5.92 Å². The van der Waals surface area contributed by atoms with Gasteiger partial charge in [0.15, 0.2) is 0 Å². The summed E-state index contributed by atoms with van der Waals surface area (Å²) in [4.78, 5) is 35.2. The van der Waals surface area contributed by atoms with Crippen LogP contribution in [0.3, 0.4) is 0 Å². The van der Waals surface area contributed by atoms with E-state index >= 15 is 0 Å². The summed E-state index contributed by atoms with van der Waals surface area (Å²) in [5, 5.41) is 0. The van der Waals surface area contributed by atoms with E-state index in [1.165, 1.54) is 72.3 Å². The molecule has 19 aromatic rings. The number of aromatic nitrogens is 8. The minimum atomic E-state index is 0. The van der Waals surface area contributed by atoms with E-state index in [9.17, 15) is 0 Å². The van der Waals surface area contributed by atoms with Gasteiger partial charge in [-0.2, -0.15) is 0 Å². The van der Waals surface area contributed by atoms with E-state index in [1.807, 2.05) is 258 Å². The van der Waals surface area contributed by atoms with Crippen molar-refractivity contribution in [1.29, 1.82) is 0 Å². The van der Waals surface area contributed by atoms with Gasteiger partial charge in [0.05, 0.1) is 0 Å². The summed E-state index contributed by atoms with van der Waals surface area (Å²) in [5.41, 5.74) is 32.5. The Morgan fingerprint density at radius 1 is 0.212 bits per heavy atom. The van der Waals surface area contributed by atoms with Crippen molar-refractivity contribution < 1.29 is 80.4 Å². The molecule has 8 nitrogen and oxygen atoms in total. The average Bonchev–Trinajstić information content (AvgIpc) is 0.809. The van der Waals surface area contributed by atoms with Crippen LogP contribution in [0.15, 0.2) is 420 Å². The van der Waals surface area contributed by atoms with Gasteiger partial charge in [-0.3, -0.25) is 0 Å². The van der Waals surface area contributed by atoms with Crippen molar-refractivity contribution in [2.75, 3.05) is 0 Å². The first-order chi connectivity index (χ1) is 64.4. The molecule has 698 valence electrons. The monoisotopic (exact) mass is 2500 g/mol. The Labute approximate surface area is 868 Å². The molecule has 8 aromatic heterocycles. The average molecular weight is 2500 g/mol. The molecular weight excluding hydrogens is 2380 g/mol. The van der Waals surface area contributed by atoms with Gasteiger partial charge in [-0.05, 0) is 175 Å². The molecule has 0 N–H and O–H groups in total. The van der Waals surface area contributed by atoms with Crippen molar-refractivity contribution in [2.45, 2.75) is 120 Å². The van der Waals surface area contributed by atoms with Crippen molar-refractivity contribution in [1.82, 2.24) is 39.9 Å². The first kappa shape index (κ1) is 110. The van der Waals surface area contributed by atoms with Gasteiger partial charge in [0.25, 0.3) is 0 Å². The number of pyridine rings is 8. The van der Waals surface area contributed by atoms with Crippen molar-refractivity contribution in [2.24, 2.45) is 5.92 Å². The third-order valence-corrected chi connectivity index (χ3v) is 21.2. The standard InChI is InChI=1S/2C21H20N.C18H14N.2C15H16N.2C12H10N.C11H8N.4Ir/c2*1-21(2,3)19-12-13-22-20(15-19)18-11-7-10-17(14-18)16-8-5-4-6-9-16;1-14-10-11-18(19-13-14)17-9-5-8-16(12-17)15-6-3-2-4-7-15;1-15(2,3)13-9-10-16-14(11-13)12-7-5-4-6-8-12;1-12(2)10-13-8-9-15(16-11-13)14-6-4-3-5-7-14;2*1-10-7-8-12(13-9-10)11-5-3-2-4-6-11;1-2-6-10(7-3-1)11-8-4-5-9-12-11;;;;/h2*4-10,12-15H,1-3H3;2-8,10-13H,1H3;4-7,9-11H,1-3H3;3-6,8-9,11-12H,10H2,1-2H3;2*2-5,7-9H,1H3;1-6,8-9H;;;;/q8*-1;;;;. The molecule has 0 atom stereocenters. The Morgan fingerprint density at radius 3 is 0.730 bits per heavy atom. The van der Waals surface area contributed by atoms with Gasteiger partial charge in [-0.15, -0.1) is 286 Å². The van der Waals surface area contributed by atoms with Gasteiger partial charge >= 0.3 is 0 Å². The molecule has 12 heteroatoms. The summed E-state index contributed by atoms with van der Waals surface area (Å²) in [7, 11) is 0. The Bertz CT molecular complexity index is 6380. The van der Waals surface area contributed by atoms with Crippen LogP contribution >= 0.6 is 0 Å². The van der Waals surface area contributed by atoms with Crippen molar-refractivity contribution in [3.05, 3.63) is 507 Å². The van der Waals surface area contributed by atoms with E-state index in [2.05, 4.69) is 340 Å². The van der Waals surface area contributed by atoms with Crippen LogP contribution in [0.25, 0.3) is 123 Å². The minimum absolute atomic E-state index is 0. The van der Waals surface area contributed by atoms with Crippen molar-refractivity contribution in [3.8, 4) is 123 Å². The van der Waals surface area contributed by atoms with Gasteiger partial charge in [0, 0.05) is 130 Å². The van der Waals surface area contributed by atoms with Gasteiger partial charge < -0.3 is 39.9 Å². The summed E-state index contributed by atoms with van der Waals surface area (Å²) in [6, 6.07) is 150. The zero-order chi connectivity index (χ0) is 93.6. The number of benzene rings is 11.